The van der Waals surface area contributed by atoms with Gasteiger partial charge < -0.3 is 10.1 Å². The monoisotopic (exact) mass is 361 g/mol. The standard InChI is InChI=1S/C17H16BrNOS/c1-11-2-5-13(6-3-11)21-16-17(8-9-17)20-15-7-4-12(18)10-14(15)19-16/h2-7,10,16,19H,8-9H2,1H3. The van der Waals surface area contributed by atoms with Crippen LogP contribution in [0.2, 0.25) is 0 Å². The summed E-state index contributed by atoms with van der Waals surface area (Å²) >= 11 is 5.39. The number of anilines is 1. The average Bonchev–Trinajstić information content (AvgIpc) is 3.23. The highest BCUT2D eigenvalue weighted by atomic mass is 79.9. The SMILES string of the molecule is Cc1ccc(SC2Nc3cc(Br)ccc3OC23CC3)cc1. The van der Waals surface area contributed by atoms with Crippen LogP contribution in [0.4, 0.5) is 5.69 Å². The molecule has 2 aromatic rings. The zero-order valence-corrected chi connectivity index (χ0v) is 14.1. The number of aryl methyl sites for hydroxylation is 1. The van der Waals surface area contributed by atoms with E-state index in [4.69, 9.17) is 4.74 Å². The number of thioether (sulfide) groups is 1. The normalized spacial score (nSPS) is 21.3. The van der Waals surface area contributed by atoms with Crippen LogP contribution in [0.3, 0.4) is 0 Å². The summed E-state index contributed by atoms with van der Waals surface area (Å²) in [5.74, 6) is 0.969. The molecule has 0 aromatic heterocycles. The van der Waals surface area contributed by atoms with Crippen molar-refractivity contribution in [3.05, 3.63) is 52.5 Å². The minimum atomic E-state index is -0.0314. The molecule has 0 amide bonds. The van der Waals surface area contributed by atoms with Gasteiger partial charge in [0.05, 0.1) is 5.69 Å². The van der Waals surface area contributed by atoms with Gasteiger partial charge in [0.15, 0.2) is 0 Å². The van der Waals surface area contributed by atoms with Crippen LogP contribution in [-0.4, -0.2) is 11.0 Å². The van der Waals surface area contributed by atoms with Crippen molar-refractivity contribution >= 4 is 33.4 Å². The number of hydrogen-bond acceptors (Lipinski definition) is 3. The molecule has 0 bridgehead atoms. The lowest BCUT2D eigenvalue weighted by Gasteiger charge is -2.35. The Labute approximate surface area is 137 Å². The second-order valence-electron chi connectivity index (χ2n) is 5.76. The van der Waals surface area contributed by atoms with E-state index in [1.165, 1.54) is 10.5 Å². The van der Waals surface area contributed by atoms with Gasteiger partial charge in [0.1, 0.15) is 16.7 Å². The van der Waals surface area contributed by atoms with Crippen LogP contribution < -0.4 is 10.1 Å². The van der Waals surface area contributed by atoms with Crippen LogP contribution in [0.25, 0.3) is 0 Å². The summed E-state index contributed by atoms with van der Waals surface area (Å²) in [5, 5.41) is 3.93. The number of benzene rings is 2. The Bertz CT molecular complexity index is 682. The molecule has 1 atom stereocenters. The predicted octanol–water partition coefficient (Wildman–Crippen LogP) is 5.21. The first-order chi connectivity index (χ1) is 10.1. The van der Waals surface area contributed by atoms with Crippen LogP contribution in [0.15, 0.2) is 51.8 Å². The van der Waals surface area contributed by atoms with E-state index in [-0.39, 0.29) is 11.0 Å². The second kappa shape index (κ2) is 4.96. The van der Waals surface area contributed by atoms with Crippen molar-refractivity contribution in [2.45, 2.75) is 35.6 Å². The Morgan fingerprint density at radius 3 is 2.67 bits per heavy atom. The van der Waals surface area contributed by atoms with Crippen molar-refractivity contribution in [2.24, 2.45) is 0 Å². The molecule has 0 radical (unpaired) electrons. The number of nitrogens with one attached hydrogen (secondary N) is 1. The van der Waals surface area contributed by atoms with Crippen molar-refractivity contribution in [3.8, 4) is 5.75 Å². The molecule has 1 saturated carbocycles. The smallest absolute Gasteiger partial charge is 0.143 e. The van der Waals surface area contributed by atoms with Gasteiger partial charge in [0, 0.05) is 9.37 Å². The van der Waals surface area contributed by atoms with Gasteiger partial charge in [-0.2, -0.15) is 0 Å². The van der Waals surface area contributed by atoms with Gasteiger partial charge >= 0.3 is 0 Å². The second-order valence-corrected chi connectivity index (χ2v) is 7.86. The van der Waals surface area contributed by atoms with E-state index in [1.807, 2.05) is 23.9 Å². The molecule has 2 nitrogen and oxygen atoms in total. The van der Waals surface area contributed by atoms with Gasteiger partial charge in [-0.05, 0) is 50.1 Å². The number of halogens is 1. The number of hydrogen-bond donors (Lipinski definition) is 1. The molecule has 1 spiro atoms. The summed E-state index contributed by atoms with van der Waals surface area (Å²) in [6.45, 7) is 2.12. The quantitative estimate of drug-likeness (QED) is 0.792. The number of fused-ring (bicyclic) bond motifs is 1. The van der Waals surface area contributed by atoms with E-state index in [9.17, 15) is 0 Å². The molecule has 1 unspecified atom stereocenters. The fourth-order valence-corrected chi connectivity index (χ4v) is 4.24. The largest absolute Gasteiger partial charge is 0.482 e. The summed E-state index contributed by atoms with van der Waals surface area (Å²) < 4.78 is 7.36. The summed E-state index contributed by atoms with van der Waals surface area (Å²) in [6.07, 6.45) is 2.25. The highest BCUT2D eigenvalue weighted by Gasteiger charge is 2.55. The van der Waals surface area contributed by atoms with Gasteiger partial charge in [-0.15, -0.1) is 0 Å². The third-order valence-corrected chi connectivity index (χ3v) is 5.86. The highest BCUT2D eigenvalue weighted by Crippen LogP contribution is 2.53. The number of rotatable bonds is 2. The van der Waals surface area contributed by atoms with E-state index in [0.717, 1.165) is 28.8 Å². The lowest BCUT2D eigenvalue weighted by molar-refractivity contribution is 0.173. The molecule has 4 rings (SSSR count). The minimum absolute atomic E-state index is 0.0314. The summed E-state index contributed by atoms with van der Waals surface area (Å²) in [6, 6.07) is 14.9. The van der Waals surface area contributed by atoms with E-state index < -0.39 is 0 Å². The summed E-state index contributed by atoms with van der Waals surface area (Å²) in [7, 11) is 0. The topological polar surface area (TPSA) is 21.3 Å². The van der Waals surface area contributed by atoms with Crippen molar-refractivity contribution in [1.82, 2.24) is 0 Å². The minimum Gasteiger partial charge on any atom is -0.482 e. The predicted molar refractivity (Wildman–Crippen MR) is 91.2 cm³/mol. The van der Waals surface area contributed by atoms with Crippen molar-refractivity contribution in [3.63, 3.8) is 0 Å². The Morgan fingerprint density at radius 1 is 1.19 bits per heavy atom. The Balaban J connectivity index is 1.62. The first kappa shape index (κ1) is 13.5. The summed E-state index contributed by atoms with van der Waals surface area (Å²) in [5.41, 5.74) is 2.34. The van der Waals surface area contributed by atoms with Gasteiger partial charge in [0.2, 0.25) is 0 Å². The maximum absolute atomic E-state index is 6.29. The molecule has 4 heteroatoms. The van der Waals surface area contributed by atoms with Crippen LogP contribution in [0.5, 0.6) is 5.75 Å². The Kier molecular flexibility index (Phi) is 3.19. The fraction of sp³-hybridized carbons (Fsp3) is 0.294. The van der Waals surface area contributed by atoms with Crippen molar-refractivity contribution in [1.29, 1.82) is 0 Å². The fourth-order valence-electron chi connectivity index (χ4n) is 2.63. The zero-order chi connectivity index (χ0) is 14.4. The molecule has 1 N–H and O–H groups in total. The molecule has 108 valence electrons. The molecule has 1 aliphatic heterocycles. The molecule has 2 aliphatic rings. The Morgan fingerprint density at radius 2 is 1.95 bits per heavy atom. The highest BCUT2D eigenvalue weighted by molar-refractivity contribution is 9.10. The Hall–Kier alpha value is -1.13. The molecular weight excluding hydrogens is 346 g/mol. The van der Waals surface area contributed by atoms with Crippen LogP contribution in [0.1, 0.15) is 18.4 Å². The van der Waals surface area contributed by atoms with Crippen molar-refractivity contribution < 1.29 is 4.74 Å². The zero-order valence-electron chi connectivity index (χ0n) is 11.7. The van der Waals surface area contributed by atoms with Gasteiger partial charge in [-0.3, -0.25) is 0 Å². The van der Waals surface area contributed by atoms with Crippen LogP contribution in [-0.2, 0) is 0 Å². The lowest BCUT2D eigenvalue weighted by atomic mass is 10.2. The van der Waals surface area contributed by atoms with Crippen LogP contribution >= 0.6 is 27.7 Å². The lowest BCUT2D eigenvalue weighted by Crippen LogP contribution is -2.41. The van der Waals surface area contributed by atoms with E-state index in [1.54, 1.807) is 0 Å². The molecule has 2 aromatic carbocycles. The van der Waals surface area contributed by atoms with Gasteiger partial charge in [-0.25, -0.2) is 0 Å². The van der Waals surface area contributed by atoms with E-state index >= 15 is 0 Å². The molecule has 0 saturated heterocycles. The maximum Gasteiger partial charge on any atom is 0.143 e. The van der Waals surface area contributed by atoms with Crippen molar-refractivity contribution in [2.75, 3.05) is 5.32 Å². The molecule has 1 fully saturated rings. The third kappa shape index (κ3) is 2.55. The first-order valence-electron chi connectivity index (χ1n) is 7.13. The molecule has 1 heterocycles. The van der Waals surface area contributed by atoms with Gasteiger partial charge in [0.25, 0.3) is 0 Å². The molecular formula is C17H16BrNOS. The van der Waals surface area contributed by atoms with Gasteiger partial charge in [-0.1, -0.05) is 45.4 Å². The van der Waals surface area contributed by atoms with Crippen LogP contribution in [0, 0.1) is 6.92 Å². The molecule has 21 heavy (non-hydrogen) atoms. The first-order valence-corrected chi connectivity index (χ1v) is 8.80. The number of ether oxygens (including phenoxy) is 1. The summed E-state index contributed by atoms with van der Waals surface area (Å²) in [4.78, 5) is 1.28. The van der Waals surface area contributed by atoms with E-state index in [2.05, 4.69) is 58.5 Å². The maximum atomic E-state index is 6.29. The third-order valence-electron chi connectivity index (χ3n) is 4.04. The average molecular weight is 362 g/mol. The van der Waals surface area contributed by atoms with E-state index in [0.29, 0.717) is 0 Å². The molecule has 1 aliphatic carbocycles.